The maximum Gasteiger partial charge on any atom is 0.234 e. The van der Waals surface area contributed by atoms with Gasteiger partial charge in [0.25, 0.3) is 0 Å². The first-order chi connectivity index (χ1) is 15.9. The van der Waals surface area contributed by atoms with E-state index in [2.05, 4.69) is 48.4 Å². The van der Waals surface area contributed by atoms with Gasteiger partial charge in [-0.05, 0) is 54.7 Å². The molecule has 2 aromatic carbocycles. The normalized spacial score (nSPS) is 11.0. The summed E-state index contributed by atoms with van der Waals surface area (Å²) in [4.78, 5) is 12.6. The van der Waals surface area contributed by atoms with Crippen LogP contribution in [0.25, 0.3) is 0 Å². The van der Waals surface area contributed by atoms with Gasteiger partial charge in [0, 0.05) is 6.54 Å². The molecule has 0 aliphatic heterocycles. The Balaban J connectivity index is 1.65. The summed E-state index contributed by atoms with van der Waals surface area (Å²) in [6, 6.07) is 13.8. The second kappa shape index (κ2) is 11.7. The highest BCUT2D eigenvalue weighted by Crippen LogP contribution is 2.26. The number of benzene rings is 2. The number of nitrogens with one attached hydrogen (secondary N) is 1. The van der Waals surface area contributed by atoms with Crippen LogP contribution in [0.3, 0.4) is 0 Å². The van der Waals surface area contributed by atoms with Gasteiger partial charge in [0.15, 0.2) is 11.0 Å². The summed E-state index contributed by atoms with van der Waals surface area (Å²) in [7, 11) is 1.59. The molecule has 0 unspecified atom stereocenters. The van der Waals surface area contributed by atoms with E-state index < -0.39 is 0 Å². The molecule has 0 aliphatic carbocycles. The summed E-state index contributed by atoms with van der Waals surface area (Å²) in [5.74, 6) is 2.66. The molecule has 0 bridgehead atoms. The number of thioether (sulfide) groups is 1. The minimum atomic E-state index is -0.128. The van der Waals surface area contributed by atoms with E-state index in [1.54, 1.807) is 7.11 Å². The van der Waals surface area contributed by atoms with Crippen LogP contribution in [0.2, 0.25) is 0 Å². The number of anilines is 1. The summed E-state index contributed by atoms with van der Waals surface area (Å²) in [5, 5.41) is 12.3. The largest absolute Gasteiger partial charge is 0.495 e. The second-order valence-corrected chi connectivity index (χ2v) is 9.17. The second-order valence-electron chi connectivity index (χ2n) is 8.23. The SMILES string of the molecule is CCc1ccc(OCc2nnc(SCC(=O)Nc3cc(C)ccc3OC)n2CC(C)C)cc1. The molecule has 3 aromatic rings. The molecule has 0 fully saturated rings. The van der Waals surface area contributed by atoms with E-state index in [0.717, 1.165) is 30.1 Å². The Labute approximate surface area is 199 Å². The molecule has 3 rings (SSSR count). The van der Waals surface area contributed by atoms with Crippen LogP contribution in [0.1, 0.15) is 37.7 Å². The zero-order valence-corrected chi connectivity index (χ0v) is 20.7. The van der Waals surface area contributed by atoms with Gasteiger partial charge in [-0.2, -0.15) is 0 Å². The molecule has 8 heteroatoms. The topological polar surface area (TPSA) is 78.3 Å². The third-order valence-corrected chi connectivity index (χ3v) is 5.97. The number of carbonyl (C=O) groups excluding carboxylic acids is 1. The molecular formula is C25H32N4O3S. The van der Waals surface area contributed by atoms with E-state index in [1.807, 2.05) is 41.8 Å². The fraction of sp³-hybridized carbons (Fsp3) is 0.400. The van der Waals surface area contributed by atoms with Crippen molar-refractivity contribution < 1.29 is 14.3 Å². The molecular weight excluding hydrogens is 436 g/mol. The highest BCUT2D eigenvalue weighted by atomic mass is 32.2. The van der Waals surface area contributed by atoms with Crippen LogP contribution in [0.4, 0.5) is 5.69 Å². The molecule has 7 nitrogen and oxygen atoms in total. The molecule has 0 spiro atoms. The molecule has 0 atom stereocenters. The number of ether oxygens (including phenoxy) is 2. The van der Waals surface area contributed by atoms with Crippen molar-refractivity contribution in [3.63, 3.8) is 0 Å². The summed E-state index contributed by atoms with van der Waals surface area (Å²) < 4.78 is 13.3. The molecule has 0 radical (unpaired) electrons. The molecule has 1 amide bonds. The molecule has 1 N–H and O–H groups in total. The van der Waals surface area contributed by atoms with Crippen LogP contribution in [0.5, 0.6) is 11.5 Å². The van der Waals surface area contributed by atoms with Crippen molar-refractivity contribution in [3.05, 3.63) is 59.4 Å². The Morgan fingerprint density at radius 2 is 1.91 bits per heavy atom. The summed E-state index contributed by atoms with van der Waals surface area (Å²) in [5.41, 5.74) is 2.98. The van der Waals surface area contributed by atoms with E-state index in [1.165, 1.54) is 17.3 Å². The first-order valence-corrected chi connectivity index (χ1v) is 12.1. The van der Waals surface area contributed by atoms with Gasteiger partial charge in [0.1, 0.15) is 18.1 Å². The van der Waals surface area contributed by atoms with Crippen molar-refractivity contribution in [2.45, 2.75) is 52.4 Å². The number of aromatic nitrogens is 3. The van der Waals surface area contributed by atoms with E-state index in [0.29, 0.717) is 29.1 Å². The van der Waals surface area contributed by atoms with E-state index in [-0.39, 0.29) is 11.7 Å². The van der Waals surface area contributed by atoms with Gasteiger partial charge in [-0.25, -0.2) is 0 Å². The number of hydrogen-bond donors (Lipinski definition) is 1. The Morgan fingerprint density at radius 1 is 1.15 bits per heavy atom. The van der Waals surface area contributed by atoms with Crippen molar-refractivity contribution in [2.75, 3.05) is 18.2 Å². The minimum Gasteiger partial charge on any atom is -0.495 e. The monoisotopic (exact) mass is 468 g/mol. The number of rotatable bonds is 11. The number of methoxy groups -OCH3 is 1. The third-order valence-electron chi connectivity index (χ3n) is 5.00. The molecule has 0 saturated heterocycles. The molecule has 0 saturated carbocycles. The number of carbonyl (C=O) groups is 1. The fourth-order valence-corrected chi connectivity index (χ4v) is 4.05. The van der Waals surface area contributed by atoms with Crippen LogP contribution < -0.4 is 14.8 Å². The Morgan fingerprint density at radius 3 is 2.58 bits per heavy atom. The van der Waals surface area contributed by atoms with Gasteiger partial charge in [-0.3, -0.25) is 4.79 Å². The summed E-state index contributed by atoms with van der Waals surface area (Å²) >= 11 is 1.36. The maximum absolute atomic E-state index is 12.6. The third kappa shape index (κ3) is 6.99. The lowest BCUT2D eigenvalue weighted by atomic mass is 10.2. The first kappa shape index (κ1) is 24.6. The van der Waals surface area contributed by atoms with Gasteiger partial charge in [0.2, 0.25) is 5.91 Å². The number of nitrogens with zero attached hydrogens (tertiary/aromatic N) is 3. The smallest absolute Gasteiger partial charge is 0.234 e. The quantitative estimate of drug-likeness (QED) is 0.394. The zero-order valence-electron chi connectivity index (χ0n) is 19.9. The van der Waals surface area contributed by atoms with Crippen molar-refractivity contribution in [1.29, 1.82) is 0 Å². The highest BCUT2D eigenvalue weighted by Gasteiger charge is 2.17. The molecule has 0 aliphatic rings. The highest BCUT2D eigenvalue weighted by molar-refractivity contribution is 7.99. The Bertz CT molecular complexity index is 1060. The summed E-state index contributed by atoms with van der Waals surface area (Å²) in [6.45, 7) is 9.44. The van der Waals surface area contributed by atoms with Crippen molar-refractivity contribution >= 4 is 23.4 Å². The van der Waals surface area contributed by atoms with Crippen LogP contribution in [0.15, 0.2) is 47.6 Å². The van der Waals surface area contributed by atoms with Crippen LogP contribution in [-0.4, -0.2) is 33.5 Å². The number of aryl methyl sites for hydroxylation is 2. The van der Waals surface area contributed by atoms with Gasteiger partial charge in [-0.15, -0.1) is 10.2 Å². The van der Waals surface area contributed by atoms with Gasteiger partial charge in [0.05, 0.1) is 18.6 Å². The van der Waals surface area contributed by atoms with Gasteiger partial charge >= 0.3 is 0 Å². The van der Waals surface area contributed by atoms with Crippen molar-refractivity contribution in [3.8, 4) is 11.5 Å². The molecule has 1 aromatic heterocycles. The lowest BCUT2D eigenvalue weighted by molar-refractivity contribution is -0.113. The van der Waals surface area contributed by atoms with Crippen molar-refractivity contribution in [2.24, 2.45) is 5.92 Å². The average molecular weight is 469 g/mol. The Kier molecular flexibility index (Phi) is 8.77. The van der Waals surface area contributed by atoms with Crippen LogP contribution in [0, 0.1) is 12.8 Å². The van der Waals surface area contributed by atoms with Gasteiger partial charge < -0.3 is 19.4 Å². The van der Waals surface area contributed by atoms with Gasteiger partial charge in [-0.1, -0.05) is 50.7 Å². The van der Waals surface area contributed by atoms with E-state index in [4.69, 9.17) is 9.47 Å². The predicted octanol–water partition coefficient (Wildman–Crippen LogP) is 5.12. The number of amides is 1. The van der Waals surface area contributed by atoms with Crippen LogP contribution >= 0.6 is 11.8 Å². The number of hydrogen-bond acceptors (Lipinski definition) is 6. The molecule has 33 heavy (non-hydrogen) atoms. The lowest BCUT2D eigenvalue weighted by Gasteiger charge is -2.14. The molecule has 176 valence electrons. The fourth-order valence-electron chi connectivity index (χ4n) is 3.29. The average Bonchev–Trinajstić information content (AvgIpc) is 3.17. The van der Waals surface area contributed by atoms with E-state index >= 15 is 0 Å². The summed E-state index contributed by atoms with van der Waals surface area (Å²) in [6.07, 6.45) is 0.994. The predicted molar refractivity (Wildman–Crippen MR) is 132 cm³/mol. The Hall–Kier alpha value is -3.00. The standard InChI is InChI=1S/C25H32N4O3S/c1-6-19-8-10-20(11-9-19)32-15-23-27-28-25(29(23)14-17(2)3)33-16-24(30)26-21-13-18(4)7-12-22(21)31-5/h7-13,17H,6,14-16H2,1-5H3,(H,26,30). The van der Waals surface area contributed by atoms with Crippen LogP contribution in [-0.2, 0) is 24.4 Å². The van der Waals surface area contributed by atoms with Crippen molar-refractivity contribution in [1.82, 2.24) is 14.8 Å². The minimum absolute atomic E-state index is 0.128. The van der Waals surface area contributed by atoms with E-state index in [9.17, 15) is 4.79 Å². The lowest BCUT2D eigenvalue weighted by Crippen LogP contribution is -2.16. The maximum atomic E-state index is 12.6. The molecule has 1 heterocycles. The first-order valence-electron chi connectivity index (χ1n) is 11.1. The zero-order chi connectivity index (χ0) is 23.8.